The molecule has 0 aromatic rings. The van der Waals surface area contributed by atoms with E-state index in [4.69, 9.17) is 21.8 Å². The molecule has 16 heavy (non-hydrogen) atoms. The molecule has 94 valence electrons. The van der Waals surface area contributed by atoms with Gasteiger partial charge in [0.25, 0.3) is 0 Å². The lowest BCUT2D eigenvalue weighted by molar-refractivity contribution is -0.140. The molecule has 7 heteroatoms. The van der Waals surface area contributed by atoms with Crippen LogP contribution in [0.2, 0.25) is 0 Å². The summed E-state index contributed by atoms with van der Waals surface area (Å²) in [6, 6.07) is -0.879. The summed E-state index contributed by atoms with van der Waals surface area (Å²) in [6.07, 6.45) is -0.0428. The lowest BCUT2D eigenvalue weighted by atomic mass is 10.3. The minimum atomic E-state index is -1.06. The summed E-state index contributed by atoms with van der Waals surface area (Å²) >= 11 is 6.76. The van der Waals surface area contributed by atoms with Crippen molar-refractivity contribution < 1.29 is 19.8 Å². The van der Waals surface area contributed by atoms with Gasteiger partial charge in [-0.25, -0.2) is 4.79 Å². The largest absolute Gasteiger partial charge is 0.480 e. The summed E-state index contributed by atoms with van der Waals surface area (Å²) in [5, 5.41) is 20.3. The van der Waals surface area contributed by atoms with Crippen LogP contribution >= 0.6 is 23.4 Å². The van der Waals surface area contributed by atoms with Gasteiger partial charge < -0.3 is 15.5 Å². The molecule has 0 aliphatic carbocycles. The van der Waals surface area contributed by atoms with Crippen molar-refractivity contribution in [1.29, 1.82) is 0 Å². The number of thioether (sulfide) groups is 1. The van der Waals surface area contributed by atoms with E-state index in [-0.39, 0.29) is 17.5 Å². The van der Waals surface area contributed by atoms with E-state index >= 15 is 0 Å². The first-order valence-electron chi connectivity index (χ1n) is 4.79. The summed E-state index contributed by atoms with van der Waals surface area (Å²) in [6.45, 7) is 1.28. The second-order valence-electron chi connectivity index (χ2n) is 3.26. The van der Waals surface area contributed by atoms with Gasteiger partial charge in [0.2, 0.25) is 5.91 Å². The number of aliphatic hydroxyl groups excluding tert-OH is 1. The zero-order valence-corrected chi connectivity index (χ0v) is 10.6. The van der Waals surface area contributed by atoms with E-state index < -0.39 is 18.1 Å². The van der Waals surface area contributed by atoms with Gasteiger partial charge in [0, 0.05) is 18.6 Å². The zero-order valence-electron chi connectivity index (χ0n) is 8.98. The minimum absolute atomic E-state index is 0.175. The van der Waals surface area contributed by atoms with E-state index in [0.29, 0.717) is 12.2 Å². The fourth-order valence-corrected chi connectivity index (χ4v) is 2.14. The van der Waals surface area contributed by atoms with E-state index in [9.17, 15) is 9.59 Å². The topological polar surface area (TPSA) is 86.6 Å². The molecule has 2 atom stereocenters. The van der Waals surface area contributed by atoms with Gasteiger partial charge in [-0.1, -0.05) is 0 Å². The Balaban J connectivity index is 3.77. The van der Waals surface area contributed by atoms with Crippen LogP contribution in [0.5, 0.6) is 0 Å². The first kappa shape index (κ1) is 15.5. The predicted octanol–water partition coefficient (Wildman–Crippen LogP) is 0.299. The number of aliphatic hydroxyl groups is 1. The Hall–Kier alpha value is -0.460. The highest BCUT2D eigenvalue weighted by Crippen LogP contribution is 2.08. The number of carboxylic acids is 1. The number of alkyl halides is 1. The average Bonchev–Trinajstić information content (AvgIpc) is 2.21. The van der Waals surface area contributed by atoms with Crippen LogP contribution in [0.15, 0.2) is 0 Å². The van der Waals surface area contributed by atoms with E-state index in [1.165, 1.54) is 18.7 Å². The van der Waals surface area contributed by atoms with Crippen molar-refractivity contribution in [2.45, 2.75) is 25.5 Å². The second kappa shape index (κ2) is 8.66. The van der Waals surface area contributed by atoms with Crippen LogP contribution in [-0.2, 0) is 9.59 Å². The van der Waals surface area contributed by atoms with E-state index in [2.05, 4.69) is 5.32 Å². The van der Waals surface area contributed by atoms with Gasteiger partial charge in [-0.15, -0.1) is 11.6 Å². The maximum absolute atomic E-state index is 10.7. The number of hydrogen-bond donors (Lipinski definition) is 3. The van der Waals surface area contributed by atoms with Crippen LogP contribution in [0.4, 0.5) is 0 Å². The first-order valence-corrected chi connectivity index (χ1v) is 6.48. The maximum atomic E-state index is 10.7. The number of nitrogens with one attached hydrogen (secondary N) is 1. The van der Waals surface area contributed by atoms with Crippen molar-refractivity contribution in [3.8, 4) is 0 Å². The molecule has 0 aliphatic heterocycles. The number of halogens is 1. The van der Waals surface area contributed by atoms with Gasteiger partial charge in [0.15, 0.2) is 0 Å². The molecule has 0 spiro atoms. The standard InChI is InChI=1S/C9H16ClNO4S/c1-6(12)11-8(9(14)15)5-16-3-2-7(13)4-10/h7-8,13H,2-5H2,1H3,(H,11,12)(H,14,15). The van der Waals surface area contributed by atoms with Crippen LogP contribution in [0, 0.1) is 0 Å². The Morgan fingerprint density at radius 1 is 1.50 bits per heavy atom. The molecular weight excluding hydrogens is 254 g/mol. The normalized spacial score (nSPS) is 14.2. The van der Waals surface area contributed by atoms with Gasteiger partial charge in [-0.3, -0.25) is 4.79 Å². The third-order valence-corrected chi connectivity index (χ3v) is 3.18. The predicted molar refractivity (Wildman–Crippen MR) is 63.9 cm³/mol. The molecule has 0 aliphatic rings. The number of rotatable bonds is 8. The zero-order chi connectivity index (χ0) is 12.6. The lowest BCUT2D eigenvalue weighted by Crippen LogP contribution is -2.41. The summed E-state index contributed by atoms with van der Waals surface area (Å²) in [4.78, 5) is 21.4. The molecule has 0 fully saturated rings. The molecule has 3 N–H and O–H groups in total. The fourth-order valence-electron chi connectivity index (χ4n) is 0.918. The Bertz CT molecular complexity index is 240. The third kappa shape index (κ3) is 7.78. The first-order chi connectivity index (χ1) is 7.47. The molecule has 0 saturated carbocycles. The molecule has 0 heterocycles. The van der Waals surface area contributed by atoms with Crippen LogP contribution in [0.1, 0.15) is 13.3 Å². The highest BCUT2D eigenvalue weighted by atomic mass is 35.5. The smallest absolute Gasteiger partial charge is 0.327 e. The number of carbonyl (C=O) groups is 2. The number of hydrogen-bond acceptors (Lipinski definition) is 4. The van der Waals surface area contributed by atoms with Crippen LogP contribution < -0.4 is 5.32 Å². The molecule has 0 aromatic heterocycles. The second-order valence-corrected chi connectivity index (χ2v) is 4.72. The third-order valence-electron chi connectivity index (χ3n) is 1.73. The molecule has 2 unspecified atom stereocenters. The maximum Gasteiger partial charge on any atom is 0.327 e. The Labute approximate surface area is 104 Å². The van der Waals surface area contributed by atoms with Gasteiger partial charge in [-0.2, -0.15) is 11.8 Å². The number of aliphatic carboxylic acids is 1. The Kier molecular flexibility index (Phi) is 8.42. The monoisotopic (exact) mass is 269 g/mol. The van der Waals surface area contributed by atoms with Gasteiger partial charge >= 0.3 is 5.97 Å². The molecule has 0 aromatic carbocycles. The van der Waals surface area contributed by atoms with Crippen LogP contribution in [0.25, 0.3) is 0 Å². The van der Waals surface area contributed by atoms with E-state index in [1.54, 1.807) is 0 Å². The Morgan fingerprint density at radius 3 is 2.56 bits per heavy atom. The Morgan fingerprint density at radius 2 is 2.12 bits per heavy atom. The highest BCUT2D eigenvalue weighted by Gasteiger charge is 2.17. The quantitative estimate of drug-likeness (QED) is 0.436. The van der Waals surface area contributed by atoms with E-state index in [0.717, 1.165) is 0 Å². The molecule has 0 saturated heterocycles. The van der Waals surface area contributed by atoms with Crippen molar-refractivity contribution >= 4 is 35.2 Å². The summed E-state index contributed by atoms with van der Waals surface area (Å²) < 4.78 is 0. The highest BCUT2D eigenvalue weighted by molar-refractivity contribution is 7.99. The summed E-state index contributed by atoms with van der Waals surface area (Å²) in [5.41, 5.74) is 0. The number of amides is 1. The minimum Gasteiger partial charge on any atom is -0.480 e. The van der Waals surface area contributed by atoms with Crippen molar-refractivity contribution in [3.05, 3.63) is 0 Å². The SMILES string of the molecule is CC(=O)NC(CSCCC(O)CCl)C(=O)O. The van der Waals surface area contributed by atoms with E-state index in [1.807, 2.05) is 0 Å². The lowest BCUT2D eigenvalue weighted by Gasteiger charge is -2.13. The van der Waals surface area contributed by atoms with Crippen molar-refractivity contribution in [2.75, 3.05) is 17.4 Å². The summed E-state index contributed by atoms with van der Waals surface area (Å²) in [7, 11) is 0. The molecular formula is C9H16ClNO4S. The number of carbonyl (C=O) groups excluding carboxylic acids is 1. The molecule has 1 amide bonds. The molecule has 0 radical (unpaired) electrons. The average molecular weight is 270 g/mol. The molecule has 0 bridgehead atoms. The van der Waals surface area contributed by atoms with Gasteiger partial charge in [0.05, 0.1) is 6.10 Å². The van der Waals surface area contributed by atoms with Gasteiger partial charge in [0.1, 0.15) is 6.04 Å². The van der Waals surface area contributed by atoms with Crippen molar-refractivity contribution in [3.63, 3.8) is 0 Å². The summed E-state index contributed by atoms with van der Waals surface area (Å²) in [5.74, 6) is -0.357. The number of carboxylic acid groups (broad SMARTS) is 1. The van der Waals surface area contributed by atoms with Crippen molar-refractivity contribution in [2.24, 2.45) is 0 Å². The van der Waals surface area contributed by atoms with Crippen LogP contribution in [-0.4, -0.2) is 51.6 Å². The van der Waals surface area contributed by atoms with Crippen molar-refractivity contribution in [1.82, 2.24) is 5.32 Å². The van der Waals surface area contributed by atoms with Gasteiger partial charge in [-0.05, 0) is 12.2 Å². The fraction of sp³-hybridized carbons (Fsp3) is 0.778. The molecule has 0 rings (SSSR count). The molecule has 5 nitrogen and oxygen atoms in total. The van der Waals surface area contributed by atoms with Crippen LogP contribution in [0.3, 0.4) is 0 Å².